The fourth-order valence-electron chi connectivity index (χ4n) is 1.75. The summed E-state index contributed by atoms with van der Waals surface area (Å²) in [5, 5.41) is 3.45. The van der Waals surface area contributed by atoms with Crippen LogP contribution < -0.4 is 5.73 Å². The lowest BCUT2D eigenvalue weighted by molar-refractivity contribution is 0.671. The number of benzene rings is 1. The molecule has 0 fully saturated rings. The molecule has 0 saturated carbocycles. The fraction of sp³-hybridized carbons (Fsp3) is 0.231. The molecule has 0 saturated heterocycles. The molecule has 17 heavy (non-hydrogen) atoms. The minimum absolute atomic E-state index is 0.0473. The van der Waals surface area contributed by atoms with Crippen molar-refractivity contribution in [1.82, 2.24) is 0 Å². The molecule has 1 aromatic carbocycles. The molecule has 1 heterocycles. The number of nitrogens with two attached hydrogens (primary N) is 1. The number of hydrogen-bond donors (Lipinski definition) is 1. The Labute approximate surface area is 115 Å². The normalized spacial score (nSPS) is 12.6. The first-order valence-electron chi connectivity index (χ1n) is 5.37. The van der Waals surface area contributed by atoms with Gasteiger partial charge in [0.25, 0.3) is 0 Å². The summed E-state index contributed by atoms with van der Waals surface area (Å²) in [6.45, 7) is 0. The summed E-state index contributed by atoms with van der Waals surface area (Å²) in [4.78, 5) is 1.29. The van der Waals surface area contributed by atoms with Gasteiger partial charge in [0.2, 0.25) is 0 Å². The van der Waals surface area contributed by atoms with Crippen molar-refractivity contribution in [2.24, 2.45) is 5.73 Å². The topological polar surface area (TPSA) is 26.0 Å². The molecule has 1 nitrogen and oxygen atoms in total. The van der Waals surface area contributed by atoms with Crippen molar-refractivity contribution in [3.05, 3.63) is 56.2 Å². The predicted octanol–water partition coefficient (Wildman–Crippen LogP) is 4.17. The highest BCUT2D eigenvalue weighted by atomic mass is 35.5. The van der Waals surface area contributed by atoms with Crippen molar-refractivity contribution in [3.63, 3.8) is 0 Å². The minimum Gasteiger partial charge on any atom is -0.327 e. The van der Waals surface area contributed by atoms with Crippen molar-refractivity contribution in [3.8, 4) is 0 Å². The summed E-state index contributed by atoms with van der Waals surface area (Å²) < 4.78 is 0. The smallest absolute Gasteiger partial charge is 0.0453 e. The third-order valence-corrected chi connectivity index (χ3v) is 4.18. The van der Waals surface area contributed by atoms with Crippen molar-refractivity contribution in [2.45, 2.75) is 18.9 Å². The van der Waals surface area contributed by atoms with Crippen molar-refractivity contribution >= 4 is 34.5 Å². The molecule has 2 N–H and O–H groups in total. The van der Waals surface area contributed by atoms with Crippen LogP contribution in [-0.2, 0) is 12.8 Å². The highest BCUT2D eigenvalue weighted by Gasteiger charge is 2.11. The summed E-state index contributed by atoms with van der Waals surface area (Å²) in [6.07, 6.45) is 1.57. The second kappa shape index (κ2) is 5.87. The highest BCUT2D eigenvalue weighted by Crippen LogP contribution is 2.26. The maximum atomic E-state index is 6.12. The molecule has 2 rings (SSSR count). The molecule has 0 aliphatic heterocycles. The molecule has 1 unspecified atom stereocenters. The van der Waals surface area contributed by atoms with E-state index in [0.29, 0.717) is 16.5 Å². The first-order chi connectivity index (χ1) is 8.16. The van der Waals surface area contributed by atoms with E-state index in [0.717, 1.165) is 12.0 Å². The molecule has 0 bridgehead atoms. The predicted molar refractivity (Wildman–Crippen MR) is 76.2 cm³/mol. The van der Waals surface area contributed by atoms with Gasteiger partial charge in [0.15, 0.2) is 0 Å². The Bertz CT molecular complexity index is 462. The molecule has 0 aliphatic rings. The van der Waals surface area contributed by atoms with E-state index >= 15 is 0 Å². The van der Waals surface area contributed by atoms with Crippen LogP contribution in [0.5, 0.6) is 0 Å². The lowest BCUT2D eigenvalue weighted by Gasteiger charge is -2.13. The summed E-state index contributed by atoms with van der Waals surface area (Å²) in [7, 11) is 0. The average Bonchev–Trinajstić information content (AvgIpc) is 2.76. The van der Waals surface area contributed by atoms with Crippen LogP contribution in [0, 0.1) is 0 Å². The number of thiophene rings is 1. The Hall–Kier alpha value is -0.540. The van der Waals surface area contributed by atoms with Crippen molar-refractivity contribution < 1.29 is 0 Å². The SMILES string of the molecule is NC(Cc1cccs1)Cc1c(Cl)cccc1Cl. The molecule has 1 atom stereocenters. The van der Waals surface area contributed by atoms with Crippen LogP contribution in [0.3, 0.4) is 0 Å². The zero-order valence-corrected chi connectivity index (χ0v) is 11.5. The van der Waals surface area contributed by atoms with E-state index in [1.165, 1.54) is 4.88 Å². The second-order valence-electron chi connectivity index (χ2n) is 3.95. The van der Waals surface area contributed by atoms with E-state index in [1.54, 1.807) is 11.3 Å². The van der Waals surface area contributed by atoms with Gasteiger partial charge in [-0.2, -0.15) is 0 Å². The van der Waals surface area contributed by atoms with E-state index in [9.17, 15) is 0 Å². The molecule has 0 spiro atoms. The van der Waals surface area contributed by atoms with Gasteiger partial charge in [-0.15, -0.1) is 11.3 Å². The molecule has 4 heteroatoms. The Balaban J connectivity index is 2.05. The Morgan fingerprint density at radius 3 is 2.35 bits per heavy atom. The number of halogens is 2. The van der Waals surface area contributed by atoms with Gasteiger partial charge in [-0.25, -0.2) is 0 Å². The third kappa shape index (κ3) is 3.46. The van der Waals surface area contributed by atoms with Gasteiger partial charge < -0.3 is 5.73 Å². The number of rotatable bonds is 4. The molecule has 90 valence electrons. The monoisotopic (exact) mass is 285 g/mol. The van der Waals surface area contributed by atoms with Gasteiger partial charge in [0, 0.05) is 21.0 Å². The van der Waals surface area contributed by atoms with E-state index in [2.05, 4.69) is 11.4 Å². The van der Waals surface area contributed by atoms with Crippen LogP contribution >= 0.6 is 34.5 Å². The van der Waals surface area contributed by atoms with Crippen LogP contribution in [-0.4, -0.2) is 6.04 Å². The van der Waals surface area contributed by atoms with Gasteiger partial charge in [-0.05, 0) is 42.0 Å². The lowest BCUT2D eigenvalue weighted by Crippen LogP contribution is -2.25. The summed E-state index contributed by atoms with van der Waals surface area (Å²) in [5.41, 5.74) is 7.07. The van der Waals surface area contributed by atoms with Crippen LogP contribution in [0.25, 0.3) is 0 Å². The van der Waals surface area contributed by atoms with E-state index in [4.69, 9.17) is 28.9 Å². The standard InChI is InChI=1S/C13H13Cl2NS/c14-12-4-1-5-13(15)11(12)8-9(16)7-10-3-2-6-17-10/h1-6,9H,7-8,16H2. The van der Waals surface area contributed by atoms with Crippen LogP contribution in [0.4, 0.5) is 0 Å². The molecule has 0 radical (unpaired) electrons. The Morgan fingerprint density at radius 1 is 1.06 bits per heavy atom. The maximum Gasteiger partial charge on any atom is 0.0453 e. The molecule has 0 aliphatic carbocycles. The van der Waals surface area contributed by atoms with E-state index in [1.807, 2.05) is 24.3 Å². The van der Waals surface area contributed by atoms with Crippen LogP contribution in [0.1, 0.15) is 10.4 Å². The molecular formula is C13H13Cl2NS. The van der Waals surface area contributed by atoms with Gasteiger partial charge in [0.1, 0.15) is 0 Å². The third-order valence-electron chi connectivity index (χ3n) is 2.57. The Morgan fingerprint density at radius 2 is 1.76 bits per heavy atom. The largest absolute Gasteiger partial charge is 0.327 e. The first-order valence-corrected chi connectivity index (χ1v) is 7.01. The zero-order chi connectivity index (χ0) is 12.3. The lowest BCUT2D eigenvalue weighted by atomic mass is 10.0. The quantitative estimate of drug-likeness (QED) is 0.897. The molecule has 2 aromatic rings. The summed E-state index contributed by atoms with van der Waals surface area (Å²) >= 11 is 14.0. The molecule has 1 aromatic heterocycles. The highest BCUT2D eigenvalue weighted by molar-refractivity contribution is 7.09. The van der Waals surface area contributed by atoms with Gasteiger partial charge in [0.05, 0.1) is 0 Å². The summed E-state index contributed by atoms with van der Waals surface area (Å²) in [5.74, 6) is 0. The minimum atomic E-state index is 0.0473. The zero-order valence-electron chi connectivity index (χ0n) is 9.20. The van der Waals surface area contributed by atoms with Gasteiger partial charge >= 0.3 is 0 Å². The molecular weight excluding hydrogens is 273 g/mol. The van der Waals surface area contributed by atoms with Crippen LogP contribution in [0.15, 0.2) is 35.7 Å². The van der Waals surface area contributed by atoms with Crippen molar-refractivity contribution in [1.29, 1.82) is 0 Å². The second-order valence-corrected chi connectivity index (χ2v) is 5.79. The summed E-state index contributed by atoms with van der Waals surface area (Å²) in [6, 6.07) is 9.72. The van der Waals surface area contributed by atoms with Crippen molar-refractivity contribution in [2.75, 3.05) is 0 Å². The van der Waals surface area contributed by atoms with Crippen LogP contribution in [0.2, 0.25) is 10.0 Å². The maximum absolute atomic E-state index is 6.12. The Kier molecular flexibility index (Phi) is 4.46. The number of hydrogen-bond acceptors (Lipinski definition) is 2. The first kappa shape index (κ1) is 12.9. The van der Waals surface area contributed by atoms with E-state index in [-0.39, 0.29) is 6.04 Å². The van der Waals surface area contributed by atoms with E-state index < -0.39 is 0 Å². The van der Waals surface area contributed by atoms with Gasteiger partial charge in [-0.1, -0.05) is 35.3 Å². The average molecular weight is 286 g/mol. The van der Waals surface area contributed by atoms with Gasteiger partial charge in [-0.3, -0.25) is 0 Å². The fourth-order valence-corrected chi connectivity index (χ4v) is 3.10. The molecule has 0 amide bonds.